The summed E-state index contributed by atoms with van der Waals surface area (Å²) in [5, 5.41) is 2.74. The van der Waals surface area contributed by atoms with Crippen LogP contribution in [0.2, 0.25) is 0 Å². The van der Waals surface area contributed by atoms with Crippen molar-refractivity contribution in [2.45, 2.75) is 37.5 Å². The van der Waals surface area contributed by atoms with Crippen LogP contribution in [-0.2, 0) is 20.2 Å². The summed E-state index contributed by atoms with van der Waals surface area (Å²) in [4.78, 5) is 24.6. The maximum absolute atomic E-state index is 12.2. The van der Waals surface area contributed by atoms with Crippen molar-refractivity contribution in [1.29, 1.82) is 0 Å². The molecule has 22 heavy (non-hydrogen) atoms. The third kappa shape index (κ3) is 3.28. The fourth-order valence-electron chi connectivity index (χ4n) is 2.00. The molecule has 0 spiro atoms. The van der Waals surface area contributed by atoms with Crippen molar-refractivity contribution in [3.8, 4) is 0 Å². The van der Waals surface area contributed by atoms with Crippen LogP contribution in [0.15, 0.2) is 29.2 Å². The van der Waals surface area contributed by atoms with Crippen LogP contribution in [-0.4, -0.2) is 31.9 Å². The summed E-state index contributed by atoms with van der Waals surface area (Å²) in [6.45, 7) is 5.89. The van der Waals surface area contributed by atoms with Crippen molar-refractivity contribution in [3.05, 3.63) is 29.8 Å². The van der Waals surface area contributed by atoms with Crippen LogP contribution in [0.4, 0.5) is 4.79 Å². The molecule has 2 rings (SSSR count). The lowest BCUT2D eigenvalue weighted by atomic mass is 9.82. The van der Waals surface area contributed by atoms with E-state index < -0.39 is 22.0 Å². The summed E-state index contributed by atoms with van der Waals surface area (Å²) in [6.07, 6.45) is 0.924. The smallest absolute Gasteiger partial charge is 0.275 e. The lowest BCUT2D eigenvalue weighted by Gasteiger charge is -2.23. The average Bonchev–Trinajstić information content (AvgIpc) is 2.76. The van der Waals surface area contributed by atoms with Crippen LogP contribution in [0.3, 0.4) is 0 Å². The topological polar surface area (TPSA) is 95.6 Å². The summed E-state index contributed by atoms with van der Waals surface area (Å²) in [5.74, 6) is -0.548. The van der Waals surface area contributed by atoms with Crippen LogP contribution in [0.25, 0.3) is 0 Å². The minimum absolute atomic E-state index is 0.0373. The highest BCUT2D eigenvalue weighted by atomic mass is 32.2. The fourth-order valence-corrected chi connectivity index (χ4v) is 3.04. The second-order valence-electron chi connectivity index (χ2n) is 5.80. The highest BCUT2D eigenvalue weighted by Crippen LogP contribution is 2.27. The zero-order valence-corrected chi connectivity index (χ0v) is 13.5. The number of carbonyl (C=O) groups is 2. The first-order chi connectivity index (χ1) is 10.2. The molecule has 1 saturated heterocycles. The number of hydrogen-bond donors (Lipinski definition) is 2. The molecule has 1 fully saturated rings. The Kier molecular flexibility index (Phi) is 4.25. The van der Waals surface area contributed by atoms with Gasteiger partial charge in [0.25, 0.3) is 10.0 Å². The molecule has 0 atom stereocenters. The molecule has 3 amide bonds. The fraction of sp³-hybridized carbons (Fsp3) is 0.429. The summed E-state index contributed by atoms with van der Waals surface area (Å²) in [7, 11) is -3.91. The van der Waals surface area contributed by atoms with Crippen molar-refractivity contribution in [2.24, 2.45) is 0 Å². The van der Waals surface area contributed by atoms with E-state index in [0.29, 0.717) is 0 Å². The molecule has 2 N–H and O–H groups in total. The number of nitrogens with one attached hydrogen (secondary N) is 2. The van der Waals surface area contributed by atoms with E-state index in [-0.39, 0.29) is 16.9 Å². The minimum atomic E-state index is -3.91. The van der Waals surface area contributed by atoms with Gasteiger partial charge in [-0.05, 0) is 29.5 Å². The van der Waals surface area contributed by atoms with Crippen LogP contribution < -0.4 is 10.1 Å². The van der Waals surface area contributed by atoms with Gasteiger partial charge in [0.05, 0.1) is 4.90 Å². The average molecular weight is 325 g/mol. The molecule has 1 aliphatic heterocycles. The Morgan fingerprint density at radius 1 is 1.23 bits per heavy atom. The monoisotopic (exact) mass is 325 g/mol. The molecule has 0 aliphatic carbocycles. The van der Waals surface area contributed by atoms with Gasteiger partial charge in [-0.15, -0.1) is 4.83 Å². The Bertz CT molecular complexity index is 695. The summed E-state index contributed by atoms with van der Waals surface area (Å²) in [6, 6.07) is 5.72. The van der Waals surface area contributed by atoms with Crippen molar-refractivity contribution in [2.75, 3.05) is 6.54 Å². The van der Waals surface area contributed by atoms with E-state index in [2.05, 4.69) is 25.6 Å². The Morgan fingerprint density at radius 3 is 2.27 bits per heavy atom. The molecular weight excluding hydrogens is 306 g/mol. The van der Waals surface area contributed by atoms with Gasteiger partial charge in [0, 0.05) is 0 Å². The van der Waals surface area contributed by atoms with Gasteiger partial charge in [-0.25, -0.2) is 18.2 Å². The molecule has 1 heterocycles. The van der Waals surface area contributed by atoms with Crippen molar-refractivity contribution in [3.63, 3.8) is 0 Å². The number of rotatable bonds is 5. The van der Waals surface area contributed by atoms with Crippen molar-refractivity contribution in [1.82, 2.24) is 15.2 Å². The zero-order valence-electron chi connectivity index (χ0n) is 12.7. The highest BCUT2D eigenvalue weighted by Gasteiger charge is 2.31. The van der Waals surface area contributed by atoms with Gasteiger partial charge >= 0.3 is 6.03 Å². The summed E-state index contributed by atoms with van der Waals surface area (Å²) in [5.41, 5.74) is 0.986. The van der Waals surface area contributed by atoms with Gasteiger partial charge in [0.15, 0.2) is 0 Å². The molecule has 0 radical (unpaired) electrons. The number of urea groups is 1. The van der Waals surface area contributed by atoms with Gasteiger partial charge < -0.3 is 0 Å². The summed E-state index contributed by atoms with van der Waals surface area (Å²) < 4.78 is 24.5. The molecule has 1 aliphatic rings. The van der Waals surface area contributed by atoms with Gasteiger partial charge in [-0.3, -0.25) is 10.1 Å². The van der Waals surface area contributed by atoms with E-state index in [1.807, 2.05) is 5.32 Å². The van der Waals surface area contributed by atoms with E-state index in [9.17, 15) is 18.0 Å². The molecule has 8 heteroatoms. The van der Waals surface area contributed by atoms with Crippen LogP contribution in [0, 0.1) is 0 Å². The van der Waals surface area contributed by atoms with Crippen LogP contribution in [0.1, 0.15) is 32.8 Å². The number of nitrogens with zero attached hydrogens (tertiary/aromatic N) is 1. The van der Waals surface area contributed by atoms with Crippen molar-refractivity contribution < 1.29 is 18.0 Å². The van der Waals surface area contributed by atoms with Gasteiger partial charge in [-0.2, -0.15) is 0 Å². The third-order valence-corrected chi connectivity index (χ3v) is 5.21. The third-order valence-electron chi connectivity index (χ3n) is 3.85. The predicted octanol–water partition coefficient (Wildman–Crippen LogP) is 1.12. The quantitative estimate of drug-likeness (QED) is 0.793. The molecule has 0 aromatic heterocycles. The van der Waals surface area contributed by atoms with Crippen molar-refractivity contribution >= 4 is 22.0 Å². The molecule has 1 aromatic carbocycles. The maximum Gasteiger partial charge on any atom is 0.339 e. The number of carbonyl (C=O) groups excluding carboxylic acids is 2. The number of amides is 3. The minimum Gasteiger partial charge on any atom is -0.275 e. The van der Waals surface area contributed by atoms with Crippen LogP contribution in [0.5, 0.6) is 0 Å². The number of hydrazine groups is 1. The summed E-state index contributed by atoms with van der Waals surface area (Å²) >= 11 is 0. The standard InChI is InChI=1S/C14H19N3O4S/c1-4-14(2,3)10-5-7-11(8-6-10)22(20,21)16-17-9-12(18)15-13(17)19/h5-8,16H,4,9H2,1-3H3,(H,15,18,19). The Hall–Kier alpha value is -1.93. The van der Waals surface area contributed by atoms with Gasteiger partial charge in [0.2, 0.25) is 5.91 Å². The van der Waals surface area contributed by atoms with E-state index in [4.69, 9.17) is 0 Å². The first-order valence-corrected chi connectivity index (χ1v) is 8.38. The molecule has 0 saturated carbocycles. The number of sulfonamides is 1. The number of hydrogen-bond acceptors (Lipinski definition) is 4. The van der Waals surface area contributed by atoms with Crippen LogP contribution >= 0.6 is 0 Å². The first kappa shape index (κ1) is 16.4. The Morgan fingerprint density at radius 2 is 1.82 bits per heavy atom. The SMILES string of the molecule is CCC(C)(C)c1ccc(S(=O)(=O)NN2CC(=O)NC2=O)cc1. The molecule has 7 nitrogen and oxygen atoms in total. The molecule has 1 aromatic rings. The molecular formula is C14H19N3O4S. The Balaban J connectivity index is 2.20. The number of benzene rings is 1. The zero-order chi connectivity index (χ0) is 16.5. The lowest BCUT2D eigenvalue weighted by molar-refractivity contribution is -0.118. The second-order valence-corrected chi connectivity index (χ2v) is 7.46. The van der Waals surface area contributed by atoms with E-state index in [0.717, 1.165) is 17.0 Å². The second kappa shape index (κ2) is 5.69. The van der Waals surface area contributed by atoms with Gasteiger partial charge in [0.1, 0.15) is 6.54 Å². The molecule has 0 bridgehead atoms. The largest absolute Gasteiger partial charge is 0.339 e. The molecule has 0 unspecified atom stereocenters. The predicted molar refractivity (Wildman–Crippen MR) is 80.3 cm³/mol. The maximum atomic E-state index is 12.2. The normalized spacial score (nSPS) is 16.0. The van der Waals surface area contributed by atoms with E-state index in [1.54, 1.807) is 12.1 Å². The number of imide groups is 1. The first-order valence-electron chi connectivity index (χ1n) is 6.90. The highest BCUT2D eigenvalue weighted by molar-refractivity contribution is 7.89. The van der Waals surface area contributed by atoms with E-state index in [1.165, 1.54) is 12.1 Å². The lowest BCUT2D eigenvalue weighted by Crippen LogP contribution is -2.44. The Labute approximate surface area is 129 Å². The van der Waals surface area contributed by atoms with Gasteiger partial charge in [-0.1, -0.05) is 32.9 Å². The molecule has 120 valence electrons. The van der Waals surface area contributed by atoms with E-state index >= 15 is 0 Å².